The monoisotopic (exact) mass is 397 g/mol. The van der Waals surface area contributed by atoms with Gasteiger partial charge < -0.3 is 14.8 Å². The highest BCUT2D eigenvalue weighted by Gasteiger charge is 2.17. The molecule has 0 saturated carbocycles. The molecular formula is C19H19N5O3S. The third-order valence-corrected chi connectivity index (χ3v) is 5.14. The van der Waals surface area contributed by atoms with Gasteiger partial charge in [-0.05, 0) is 47.2 Å². The Labute approximate surface area is 166 Å². The number of tetrazole rings is 1. The molecule has 2 aromatic carbocycles. The molecule has 1 aromatic heterocycles. The SMILES string of the molecule is C[C@H](NC(=O)CSc1nnnn1-c1ccccc1)c1ccc2c(c1)OCCO2. The van der Waals surface area contributed by atoms with Crippen molar-refractivity contribution in [2.24, 2.45) is 0 Å². The molecule has 4 rings (SSSR count). The fraction of sp³-hybridized carbons (Fsp3) is 0.263. The van der Waals surface area contributed by atoms with E-state index in [4.69, 9.17) is 9.47 Å². The van der Waals surface area contributed by atoms with Gasteiger partial charge >= 0.3 is 0 Å². The minimum absolute atomic E-state index is 0.102. The van der Waals surface area contributed by atoms with Crippen molar-refractivity contribution in [3.8, 4) is 17.2 Å². The molecule has 9 heteroatoms. The number of hydrogen-bond acceptors (Lipinski definition) is 7. The molecule has 1 aliphatic rings. The summed E-state index contributed by atoms with van der Waals surface area (Å²) < 4.78 is 12.7. The number of carbonyl (C=O) groups is 1. The van der Waals surface area contributed by atoms with E-state index in [1.807, 2.05) is 55.5 Å². The lowest BCUT2D eigenvalue weighted by Crippen LogP contribution is -2.28. The second-order valence-corrected chi connectivity index (χ2v) is 7.13. The maximum atomic E-state index is 12.4. The van der Waals surface area contributed by atoms with Crippen molar-refractivity contribution in [1.29, 1.82) is 0 Å². The van der Waals surface area contributed by atoms with Gasteiger partial charge in [-0.15, -0.1) is 5.10 Å². The summed E-state index contributed by atoms with van der Waals surface area (Å²) in [6, 6.07) is 15.1. The van der Waals surface area contributed by atoms with Gasteiger partial charge in [0.05, 0.1) is 17.5 Å². The number of fused-ring (bicyclic) bond motifs is 1. The normalized spacial score (nSPS) is 13.8. The molecule has 0 saturated heterocycles. The summed E-state index contributed by atoms with van der Waals surface area (Å²) >= 11 is 1.29. The highest BCUT2D eigenvalue weighted by Crippen LogP contribution is 2.32. The van der Waals surface area contributed by atoms with E-state index in [2.05, 4.69) is 20.8 Å². The lowest BCUT2D eigenvalue weighted by atomic mass is 10.1. The van der Waals surface area contributed by atoms with Gasteiger partial charge in [-0.3, -0.25) is 4.79 Å². The molecule has 1 atom stereocenters. The lowest BCUT2D eigenvalue weighted by Gasteiger charge is -2.21. The predicted molar refractivity (Wildman–Crippen MR) is 104 cm³/mol. The van der Waals surface area contributed by atoms with Crippen LogP contribution >= 0.6 is 11.8 Å². The molecule has 0 fully saturated rings. The van der Waals surface area contributed by atoms with Gasteiger partial charge in [0.1, 0.15) is 13.2 Å². The first kappa shape index (κ1) is 18.3. The largest absolute Gasteiger partial charge is 0.486 e. The van der Waals surface area contributed by atoms with Gasteiger partial charge in [-0.1, -0.05) is 36.0 Å². The molecule has 0 bridgehead atoms. The van der Waals surface area contributed by atoms with E-state index in [-0.39, 0.29) is 17.7 Å². The van der Waals surface area contributed by atoms with Crippen LogP contribution in [0.2, 0.25) is 0 Å². The number of ether oxygens (including phenoxy) is 2. The van der Waals surface area contributed by atoms with Gasteiger partial charge in [-0.2, -0.15) is 4.68 Å². The number of amides is 1. The fourth-order valence-electron chi connectivity index (χ4n) is 2.83. The first-order valence-corrected chi connectivity index (χ1v) is 9.85. The third-order valence-electron chi connectivity index (χ3n) is 4.22. The molecule has 1 N–H and O–H groups in total. The maximum Gasteiger partial charge on any atom is 0.230 e. The van der Waals surface area contributed by atoms with Crippen molar-refractivity contribution in [3.05, 3.63) is 54.1 Å². The van der Waals surface area contributed by atoms with E-state index < -0.39 is 0 Å². The van der Waals surface area contributed by atoms with Gasteiger partial charge in [-0.25, -0.2) is 0 Å². The van der Waals surface area contributed by atoms with E-state index in [0.717, 1.165) is 17.0 Å². The Morgan fingerprint density at radius 3 is 2.79 bits per heavy atom. The third kappa shape index (κ3) is 4.09. The second-order valence-electron chi connectivity index (χ2n) is 6.19. The van der Waals surface area contributed by atoms with Gasteiger partial charge in [0.15, 0.2) is 11.5 Å². The zero-order valence-electron chi connectivity index (χ0n) is 15.2. The molecule has 0 aliphatic carbocycles. The first-order valence-electron chi connectivity index (χ1n) is 8.86. The van der Waals surface area contributed by atoms with Crippen LogP contribution in [0.3, 0.4) is 0 Å². The standard InChI is InChI=1S/C19H19N5O3S/c1-13(14-7-8-16-17(11-14)27-10-9-26-16)20-18(25)12-28-19-21-22-23-24(19)15-5-3-2-4-6-15/h2-8,11,13H,9-10,12H2,1H3,(H,20,25)/t13-/m0/s1. The summed E-state index contributed by atoms with van der Waals surface area (Å²) in [6.45, 7) is 3.02. The highest BCUT2D eigenvalue weighted by molar-refractivity contribution is 7.99. The number of nitrogens with one attached hydrogen (secondary N) is 1. The van der Waals surface area contributed by atoms with Crippen molar-refractivity contribution in [1.82, 2.24) is 25.5 Å². The van der Waals surface area contributed by atoms with Crippen LogP contribution in [0.4, 0.5) is 0 Å². The molecule has 1 aliphatic heterocycles. The van der Waals surface area contributed by atoms with Crippen molar-refractivity contribution in [2.45, 2.75) is 18.1 Å². The van der Waals surface area contributed by atoms with Crippen LogP contribution in [0.15, 0.2) is 53.7 Å². The number of para-hydroxylation sites is 1. The second kappa shape index (κ2) is 8.30. The van der Waals surface area contributed by atoms with E-state index >= 15 is 0 Å². The van der Waals surface area contributed by atoms with Crippen LogP contribution in [-0.2, 0) is 4.79 Å². The molecular weight excluding hydrogens is 378 g/mol. The van der Waals surface area contributed by atoms with Crippen LogP contribution in [0, 0.1) is 0 Å². The first-order chi connectivity index (χ1) is 13.7. The fourth-order valence-corrected chi connectivity index (χ4v) is 3.53. The lowest BCUT2D eigenvalue weighted by molar-refractivity contribution is -0.119. The number of thioether (sulfide) groups is 1. The molecule has 1 amide bonds. The topological polar surface area (TPSA) is 91.2 Å². The molecule has 2 heterocycles. The quantitative estimate of drug-likeness (QED) is 0.639. The number of rotatable bonds is 6. The van der Waals surface area contributed by atoms with Crippen LogP contribution in [0.1, 0.15) is 18.5 Å². The van der Waals surface area contributed by atoms with Crippen LogP contribution in [0.25, 0.3) is 5.69 Å². The highest BCUT2D eigenvalue weighted by atomic mass is 32.2. The van der Waals surface area contributed by atoms with Gasteiger partial charge in [0.2, 0.25) is 11.1 Å². The molecule has 144 valence electrons. The van der Waals surface area contributed by atoms with E-state index in [9.17, 15) is 4.79 Å². The summed E-state index contributed by atoms with van der Waals surface area (Å²) in [7, 11) is 0. The molecule has 0 spiro atoms. The minimum Gasteiger partial charge on any atom is -0.486 e. The number of carbonyl (C=O) groups excluding carboxylic acids is 1. The Kier molecular flexibility index (Phi) is 5.43. The molecule has 28 heavy (non-hydrogen) atoms. The molecule has 8 nitrogen and oxygen atoms in total. The summed E-state index contributed by atoms with van der Waals surface area (Å²) in [5.41, 5.74) is 1.80. The summed E-state index contributed by atoms with van der Waals surface area (Å²) in [6.07, 6.45) is 0. The Morgan fingerprint density at radius 2 is 1.96 bits per heavy atom. The zero-order valence-corrected chi connectivity index (χ0v) is 16.1. The zero-order chi connectivity index (χ0) is 19.3. The predicted octanol–water partition coefficient (Wildman–Crippen LogP) is 2.40. The number of benzene rings is 2. The molecule has 0 radical (unpaired) electrons. The average molecular weight is 397 g/mol. The van der Waals surface area contributed by atoms with Gasteiger partial charge in [0, 0.05) is 0 Å². The van der Waals surface area contributed by atoms with Crippen LogP contribution in [0.5, 0.6) is 11.5 Å². The van der Waals surface area contributed by atoms with Crippen molar-refractivity contribution in [2.75, 3.05) is 19.0 Å². The van der Waals surface area contributed by atoms with Crippen molar-refractivity contribution in [3.63, 3.8) is 0 Å². The Morgan fingerprint density at radius 1 is 1.18 bits per heavy atom. The van der Waals surface area contributed by atoms with E-state index in [1.54, 1.807) is 4.68 Å². The number of hydrogen-bond donors (Lipinski definition) is 1. The Hall–Kier alpha value is -3.07. The summed E-state index contributed by atoms with van der Waals surface area (Å²) in [5.74, 6) is 1.55. The summed E-state index contributed by atoms with van der Waals surface area (Å²) in [5, 5.41) is 15.3. The van der Waals surface area contributed by atoms with Crippen molar-refractivity contribution < 1.29 is 14.3 Å². The number of nitrogens with zero attached hydrogens (tertiary/aromatic N) is 4. The minimum atomic E-state index is -0.158. The van der Waals surface area contributed by atoms with E-state index in [0.29, 0.717) is 24.1 Å². The van der Waals surface area contributed by atoms with Crippen LogP contribution < -0.4 is 14.8 Å². The maximum absolute atomic E-state index is 12.4. The molecule has 0 unspecified atom stereocenters. The number of aromatic nitrogens is 4. The molecule has 3 aromatic rings. The van der Waals surface area contributed by atoms with E-state index in [1.165, 1.54) is 11.8 Å². The van der Waals surface area contributed by atoms with Crippen molar-refractivity contribution >= 4 is 17.7 Å². The Bertz CT molecular complexity index is 963. The summed E-state index contributed by atoms with van der Waals surface area (Å²) in [4.78, 5) is 12.4. The van der Waals surface area contributed by atoms with Gasteiger partial charge in [0.25, 0.3) is 0 Å². The average Bonchev–Trinajstić information content (AvgIpc) is 3.21. The van der Waals surface area contributed by atoms with Crippen LogP contribution in [-0.4, -0.2) is 45.1 Å². The smallest absolute Gasteiger partial charge is 0.230 e. The Balaban J connectivity index is 1.36.